The molecule has 1 unspecified atom stereocenters. The molecule has 0 spiro atoms. The topological polar surface area (TPSA) is 98.9 Å². The van der Waals surface area contributed by atoms with E-state index in [1.807, 2.05) is 18.2 Å². The molecule has 29 heavy (non-hydrogen) atoms. The second-order valence-electron chi connectivity index (χ2n) is 6.42. The van der Waals surface area contributed by atoms with Crippen LogP contribution in [0.3, 0.4) is 0 Å². The molecule has 0 aliphatic carbocycles. The van der Waals surface area contributed by atoms with Gasteiger partial charge in [0, 0.05) is 23.7 Å². The molecule has 0 bridgehead atoms. The van der Waals surface area contributed by atoms with Crippen LogP contribution in [0.15, 0.2) is 63.9 Å². The Labute approximate surface area is 167 Å². The van der Waals surface area contributed by atoms with Crippen LogP contribution < -0.4 is 10.4 Å². The Morgan fingerprint density at radius 1 is 1.21 bits per heavy atom. The molecule has 1 N–H and O–H groups in total. The maximum atomic E-state index is 12.5. The molecule has 0 fully saturated rings. The van der Waals surface area contributed by atoms with Crippen molar-refractivity contribution in [2.75, 3.05) is 7.11 Å². The molecule has 7 nitrogen and oxygen atoms in total. The highest BCUT2D eigenvalue weighted by molar-refractivity contribution is 5.72. The summed E-state index contributed by atoms with van der Waals surface area (Å²) in [6.45, 7) is 1.77. The summed E-state index contributed by atoms with van der Waals surface area (Å²) < 4.78 is 15.9. The standard InChI is InChI=1S/C22H21NO6/c1-14-11-18(24)21(22(26)29-14)17(12-20(25)27-2)16-8-3-4-9-19(16)28-13-15-7-5-6-10-23-15/h3-11,17,24H,12-13H2,1-2H3. The summed E-state index contributed by atoms with van der Waals surface area (Å²) >= 11 is 0. The van der Waals surface area contributed by atoms with Crippen molar-refractivity contribution in [1.29, 1.82) is 0 Å². The largest absolute Gasteiger partial charge is 0.507 e. The van der Waals surface area contributed by atoms with Crippen LogP contribution in [0, 0.1) is 6.92 Å². The number of carbonyl (C=O) groups is 1. The average molecular weight is 395 g/mol. The van der Waals surface area contributed by atoms with E-state index in [2.05, 4.69) is 4.98 Å². The minimum absolute atomic E-state index is 0.0186. The van der Waals surface area contributed by atoms with Gasteiger partial charge in [0.2, 0.25) is 0 Å². The van der Waals surface area contributed by atoms with Gasteiger partial charge >= 0.3 is 11.6 Å². The number of nitrogens with zero attached hydrogens (tertiary/aromatic N) is 1. The highest BCUT2D eigenvalue weighted by atomic mass is 16.5. The van der Waals surface area contributed by atoms with Crippen LogP contribution in [-0.2, 0) is 16.1 Å². The number of hydrogen-bond acceptors (Lipinski definition) is 7. The van der Waals surface area contributed by atoms with Crippen molar-refractivity contribution in [3.8, 4) is 11.5 Å². The fraction of sp³-hybridized carbons (Fsp3) is 0.227. The van der Waals surface area contributed by atoms with E-state index in [4.69, 9.17) is 13.9 Å². The maximum Gasteiger partial charge on any atom is 0.343 e. The summed E-state index contributed by atoms with van der Waals surface area (Å²) in [5, 5.41) is 10.4. The lowest BCUT2D eigenvalue weighted by atomic mass is 9.88. The number of esters is 1. The number of aromatic hydroxyl groups is 1. The number of ether oxygens (including phenoxy) is 2. The fourth-order valence-corrected chi connectivity index (χ4v) is 3.08. The average Bonchev–Trinajstić information content (AvgIpc) is 2.71. The monoisotopic (exact) mass is 395 g/mol. The number of para-hydroxylation sites is 1. The van der Waals surface area contributed by atoms with E-state index in [9.17, 15) is 14.7 Å². The van der Waals surface area contributed by atoms with Crippen molar-refractivity contribution in [2.24, 2.45) is 0 Å². The molecule has 0 aliphatic rings. The lowest BCUT2D eigenvalue weighted by Gasteiger charge is -2.20. The summed E-state index contributed by atoms with van der Waals surface area (Å²) in [4.78, 5) is 28.8. The first kappa shape index (κ1) is 20.1. The summed E-state index contributed by atoms with van der Waals surface area (Å²) in [5.41, 5.74) is 0.552. The smallest absolute Gasteiger partial charge is 0.343 e. The van der Waals surface area contributed by atoms with E-state index in [-0.39, 0.29) is 30.1 Å². The summed E-state index contributed by atoms with van der Waals surface area (Å²) in [6.07, 6.45) is 1.50. The molecule has 0 saturated carbocycles. The predicted octanol–water partition coefficient (Wildman–Crippen LogP) is 3.32. The number of hydrogen-bond donors (Lipinski definition) is 1. The molecule has 0 aliphatic heterocycles. The van der Waals surface area contributed by atoms with E-state index >= 15 is 0 Å². The molecule has 1 atom stereocenters. The Bertz CT molecular complexity index is 1040. The molecular formula is C22H21NO6. The van der Waals surface area contributed by atoms with Crippen LogP contribution in [0.4, 0.5) is 0 Å². The zero-order chi connectivity index (χ0) is 20.8. The van der Waals surface area contributed by atoms with Crippen LogP contribution >= 0.6 is 0 Å². The van der Waals surface area contributed by atoms with Crippen LogP contribution in [0.1, 0.15) is 34.9 Å². The van der Waals surface area contributed by atoms with Crippen LogP contribution in [0.2, 0.25) is 0 Å². The van der Waals surface area contributed by atoms with Gasteiger partial charge in [0.1, 0.15) is 23.9 Å². The third-order valence-corrected chi connectivity index (χ3v) is 4.43. The lowest BCUT2D eigenvalue weighted by Crippen LogP contribution is -2.19. The predicted molar refractivity (Wildman–Crippen MR) is 105 cm³/mol. The van der Waals surface area contributed by atoms with E-state index < -0.39 is 17.5 Å². The van der Waals surface area contributed by atoms with Gasteiger partial charge in [-0.1, -0.05) is 24.3 Å². The van der Waals surface area contributed by atoms with Gasteiger partial charge in [0.05, 0.1) is 24.8 Å². The Balaban J connectivity index is 2.03. The van der Waals surface area contributed by atoms with Crippen LogP contribution in [0.25, 0.3) is 0 Å². The first-order chi connectivity index (χ1) is 14.0. The van der Waals surface area contributed by atoms with Gasteiger partial charge in [0.25, 0.3) is 0 Å². The van der Waals surface area contributed by atoms with Crippen LogP contribution in [-0.4, -0.2) is 23.2 Å². The normalized spacial score (nSPS) is 11.7. The molecule has 150 valence electrons. The van der Waals surface area contributed by atoms with Gasteiger partial charge in [-0.25, -0.2) is 4.79 Å². The number of benzene rings is 1. The van der Waals surface area contributed by atoms with Crippen LogP contribution in [0.5, 0.6) is 11.5 Å². The number of rotatable bonds is 7. The minimum Gasteiger partial charge on any atom is -0.507 e. The van der Waals surface area contributed by atoms with Crippen molar-refractivity contribution in [1.82, 2.24) is 4.98 Å². The first-order valence-corrected chi connectivity index (χ1v) is 9.01. The summed E-state index contributed by atoms with van der Waals surface area (Å²) in [5.74, 6) is -0.848. The molecular weight excluding hydrogens is 374 g/mol. The Kier molecular flexibility index (Phi) is 6.29. The third-order valence-electron chi connectivity index (χ3n) is 4.43. The zero-order valence-corrected chi connectivity index (χ0v) is 16.1. The summed E-state index contributed by atoms with van der Waals surface area (Å²) in [7, 11) is 1.26. The zero-order valence-electron chi connectivity index (χ0n) is 16.1. The minimum atomic E-state index is -0.806. The van der Waals surface area contributed by atoms with Crippen molar-refractivity contribution in [3.05, 3.63) is 87.7 Å². The van der Waals surface area contributed by atoms with Gasteiger partial charge in [0.15, 0.2) is 0 Å². The van der Waals surface area contributed by atoms with Crippen molar-refractivity contribution < 1.29 is 23.8 Å². The van der Waals surface area contributed by atoms with Gasteiger partial charge < -0.3 is 19.0 Å². The highest BCUT2D eigenvalue weighted by Crippen LogP contribution is 2.37. The Morgan fingerprint density at radius 2 is 1.97 bits per heavy atom. The van der Waals surface area contributed by atoms with Crippen molar-refractivity contribution in [3.63, 3.8) is 0 Å². The highest BCUT2D eigenvalue weighted by Gasteiger charge is 2.28. The molecule has 3 rings (SSSR count). The molecule has 7 heteroatoms. The van der Waals surface area contributed by atoms with Crippen molar-refractivity contribution in [2.45, 2.75) is 25.9 Å². The second kappa shape index (κ2) is 9.05. The molecule has 2 aromatic heterocycles. The van der Waals surface area contributed by atoms with Gasteiger partial charge in [-0.2, -0.15) is 0 Å². The van der Waals surface area contributed by atoms with E-state index in [1.165, 1.54) is 13.2 Å². The van der Waals surface area contributed by atoms with Crippen molar-refractivity contribution >= 4 is 5.97 Å². The number of aryl methyl sites for hydroxylation is 1. The quantitative estimate of drug-likeness (QED) is 0.613. The SMILES string of the molecule is COC(=O)CC(c1ccccc1OCc1ccccn1)c1c(O)cc(C)oc1=O. The lowest BCUT2D eigenvalue weighted by molar-refractivity contribution is -0.140. The fourth-order valence-electron chi connectivity index (χ4n) is 3.08. The van der Waals surface area contributed by atoms with E-state index in [1.54, 1.807) is 37.4 Å². The van der Waals surface area contributed by atoms with Gasteiger partial charge in [-0.3, -0.25) is 9.78 Å². The second-order valence-corrected chi connectivity index (χ2v) is 6.42. The maximum absolute atomic E-state index is 12.5. The van der Waals surface area contributed by atoms with Gasteiger partial charge in [-0.05, 0) is 25.1 Å². The molecule has 1 aromatic carbocycles. The van der Waals surface area contributed by atoms with Gasteiger partial charge in [-0.15, -0.1) is 0 Å². The number of aromatic nitrogens is 1. The number of carbonyl (C=O) groups excluding carboxylic acids is 1. The molecule has 3 aromatic rings. The summed E-state index contributed by atoms with van der Waals surface area (Å²) in [6, 6.07) is 13.9. The molecule has 0 saturated heterocycles. The number of methoxy groups -OCH3 is 1. The molecule has 2 heterocycles. The Morgan fingerprint density at radius 3 is 2.66 bits per heavy atom. The number of pyridine rings is 1. The molecule has 0 radical (unpaired) electrons. The van der Waals surface area contributed by atoms with E-state index in [0.29, 0.717) is 11.3 Å². The Hall–Kier alpha value is -3.61. The van der Waals surface area contributed by atoms with E-state index in [0.717, 1.165) is 5.69 Å². The third kappa shape index (κ3) is 4.82. The first-order valence-electron chi connectivity index (χ1n) is 9.01. The molecule has 0 amide bonds.